The maximum Gasteiger partial charge on any atom is 0.196 e. The molecule has 27 heavy (non-hydrogen) atoms. The van der Waals surface area contributed by atoms with E-state index in [1.165, 1.54) is 0 Å². The number of benzene rings is 1. The highest BCUT2D eigenvalue weighted by atomic mass is 32.2. The summed E-state index contributed by atoms with van der Waals surface area (Å²) in [5, 5.41) is 21.8. The Morgan fingerprint density at radius 1 is 0.963 bits per heavy atom. The van der Waals surface area contributed by atoms with Crippen molar-refractivity contribution in [2.75, 3.05) is 0 Å². The Morgan fingerprint density at radius 3 is 2.56 bits per heavy atom. The summed E-state index contributed by atoms with van der Waals surface area (Å²) in [5.74, 6) is 2.30. The van der Waals surface area contributed by atoms with Crippen LogP contribution in [-0.2, 0) is 5.75 Å². The Balaban J connectivity index is 1.50. The zero-order valence-electron chi connectivity index (χ0n) is 14.4. The molecule has 1 aliphatic rings. The van der Waals surface area contributed by atoms with Crippen LogP contribution in [0.15, 0.2) is 60.0 Å². The number of hydrogen-bond acceptors (Lipinski definition) is 7. The number of nitrogens with zero attached hydrogens (tertiary/aromatic N) is 8. The molecule has 1 aromatic carbocycles. The highest BCUT2D eigenvalue weighted by molar-refractivity contribution is 7.98. The first kappa shape index (κ1) is 16.1. The number of hydrogen-bond donors (Lipinski definition) is 0. The Labute approximate surface area is 159 Å². The van der Waals surface area contributed by atoms with Gasteiger partial charge >= 0.3 is 0 Å². The molecule has 0 radical (unpaired) electrons. The van der Waals surface area contributed by atoms with Crippen LogP contribution < -0.4 is 0 Å². The molecule has 3 aromatic heterocycles. The zero-order valence-corrected chi connectivity index (χ0v) is 15.2. The predicted octanol–water partition coefficient (Wildman–Crippen LogP) is 2.94. The van der Waals surface area contributed by atoms with Gasteiger partial charge in [-0.25, -0.2) is 4.68 Å². The minimum absolute atomic E-state index is 0.454. The van der Waals surface area contributed by atoms with E-state index in [2.05, 4.69) is 35.3 Å². The lowest BCUT2D eigenvalue weighted by atomic mass is 10.2. The lowest BCUT2D eigenvalue weighted by Crippen LogP contribution is -2.03. The van der Waals surface area contributed by atoms with Crippen LogP contribution in [0.2, 0.25) is 0 Å². The van der Waals surface area contributed by atoms with E-state index in [-0.39, 0.29) is 0 Å². The zero-order chi connectivity index (χ0) is 18.1. The van der Waals surface area contributed by atoms with Gasteiger partial charge in [-0.05, 0) is 47.5 Å². The van der Waals surface area contributed by atoms with Crippen LogP contribution in [0.5, 0.6) is 0 Å². The van der Waals surface area contributed by atoms with Crippen LogP contribution in [0, 0.1) is 0 Å². The number of pyridine rings is 1. The summed E-state index contributed by atoms with van der Waals surface area (Å²) in [5.41, 5.74) is 1.98. The number of rotatable bonds is 6. The highest BCUT2D eigenvalue weighted by Crippen LogP contribution is 2.36. The molecule has 1 fully saturated rings. The van der Waals surface area contributed by atoms with Crippen LogP contribution in [0.3, 0.4) is 0 Å². The van der Waals surface area contributed by atoms with Crippen molar-refractivity contribution in [3.05, 3.63) is 60.7 Å². The Bertz CT molecular complexity index is 1040. The van der Waals surface area contributed by atoms with Crippen molar-refractivity contribution < 1.29 is 0 Å². The SMILES string of the molecule is c1ccc(-n2c(SCc3nnnn3C3CC3)nnc2-c2ccncc2)cc1. The normalized spacial score (nSPS) is 13.8. The maximum atomic E-state index is 4.44. The molecular formula is C18H16N8S. The standard InChI is InChI=1S/C18H16N8S/c1-2-4-14(5-3-1)25-17(13-8-10-19-11-9-13)21-22-18(25)27-12-16-20-23-24-26(16)15-6-7-15/h1-5,8-11,15H,6-7,12H2. The average molecular weight is 376 g/mol. The van der Waals surface area contributed by atoms with Crippen LogP contribution in [-0.4, -0.2) is 40.0 Å². The van der Waals surface area contributed by atoms with Gasteiger partial charge in [0.2, 0.25) is 0 Å². The molecule has 134 valence electrons. The minimum atomic E-state index is 0.454. The second-order valence-electron chi connectivity index (χ2n) is 6.27. The number of aromatic nitrogens is 8. The van der Waals surface area contributed by atoms with Crippen molar-refractivity contribution >= 4 is 11.8 Å². The van der Waals surface area contributed by atoms with Crippen molar-refractivity contribution in [2.24, 2.45) is 0 Å². The van der Waals surface area contributed by atoms with E-state index in [1.807, 2.05) is 47.1 Å². The van der Waals surface area contributed by atoms with Crippen molar-refractivity contribution in [3.63, 3.8) is 0 Å². The van der Waals surface area contributed by atoms with E-state index in [0.717, 1.165) is 40.9 Å². The average Bonchev–Trinajstić information content (AvgIpc) is 3.31. The molecule has 1 saturated carbocycles. The Hall–Kier alpha value is -3.07. The summed E-state index contributed by atoms with van der Waals surface area (Å²) in [6.07, 6.45) is 5.82. The van der Waals surface area contributed by atoms with Gasteiger partial charge in [0, 0.05) is 23.6 Å². The first-order valence-electron chi connectivity index (χ1n) is 8.71. The predicted molar refractivity (Wildman–Crippen MR) is 100 cm³/mol. The van der Waals surface area contributed by atoms with Crippen molar-refractivity contribution in [3.8, 4) is 17.1 Å². The summed E-state index contributed by atoms with van der Waals surface area (Å²) in [6.45, 7) is 0. The second-order valence-corrected chi connectivity index (χ2v) is 7.22. The molecule has 5 rings (SSSR count). The number of thioether (sulfide) groups is 1. The van der Waals surface area contributed by atoms with Crippen LogP contribution in [0.4, 0.5) is 0 Å². The minimum Gasteiger partial charge on any atom is -0.270 e. The monoisotopic (exact) mass is 376 g/mol. The quantitative estimate of drug-likeness (QED) is 0.478. The molecule has 3 heterocycles. The molecule has 8 nitrogen and oxygen atoms in total. The van der Waals surface area contributed by atoms with Gasteiger partial charge in [-0.15, -0.1) is 15.3 Å². The molecule has 0 N–H and O–H groups in total. The Morgan fingerprint density at radius 2 is 1.78 bits per heavy atom. The third-order valence-electron chi connectivity index (χ3n) is 4.37. The number of para-hydroxylation sites is 1. The van der Waals surface area contributed by atoms with E-state index in [1.54, 1.807) is 24.2 Å². The van der Waals surface area contributed by atoms with Gasteiger partial charge in [0.1, 0.15) is 0 Å². The Kier molecular flexibility index (Phi) is 4.13. The molecular weight excluding hydrogens is 360 g/mol. The van der Waals surface area contributed by atoms with E-state index >= 15 is 0 Å². The third-order valence-corrected chi connectivity index (χ3v) is 5.30. The molecule has 4 aromatic rings. The molecule has 9 heteroatoms. The largest absolute Gasteiger partial charge is 0.270 e. The molecule has 1 aliphatic carbocycles. The van der Waals surface area contributed by atoms with Gasteiger partial charge in [-0.2, -0.15) is 0 Å². The van der Waals surface area contributed by atoms with Gasteiger partial charge in [-0.3, -0.25) is 9.55 Å². The van der Waals surface area contributed by atoms with Gasteiger partial charge in [0.25, 0.3) is 0 Å². The van der Waals surface area contributed by atoms with Crippen LogP contribution in [0.1, 0.15) is 24.7 Å². The second kappa shape index (κ2) is 6.92. The topological polar surface area (TPSA) is 87.2 Å². The van der Waals surface area contributed by atoms with Gasteiger partial charge in [0.05, 0.1) is 11.8 Å². The summed E-state index contributed by atoms with van der Waals surface area (Å²) >= 11 is 1.58. The molecule has 0 spiro atoms. The van der Waals surface area contributed by atoms with E-state index in [0.29, 0.717) is 11.8 Å². The van der Waals surface area contributed by atoms with E-state index < -0.39 is 0 Å². The van der Waals surface area contributed by atoms with Gasteiger partial charge in [0.15, 0.2) is 16.8 Å². The molecule has 0 amide bonds. The lowest BCUT2D eigenvalue weighted by molar-refractivity contribution is 0.593. The molecule has 0 saturated heterocycles. The fourth-order valence-electron chi connectivity index (χ4n) is 2.90. The number of tetrazole rings is 1. The summed E-state index contributed by atoms with van der Waals surface area (Å²) in [4.78, 5) is 4.09. The highest BCUT2D eigenvalue weighted by Gasteiger charge is 2.28. The first-order valence-corrected chi connectivity index (χ1v) is 9.69. The fraction of sp³-hybridized carbons (Fsp3) is 0.222. The van der Waals surface area contributed by atoms with Crippen molar-refractivity contribution in [1.82, 2.24) is 40.0 Å². The van der Waals surface area contributed by atoms with Crippen molar-refractivity contribution in [2.45, 2.75) is 29.8 Å². The summed E-state index contributed by atoms with van der Waals surface area (Å²) < 4.78 is 3.99. The smallest absolute Gasteiger partial charge is 0.196 e. The lowest BCUT2D eigenvalue weighted by Gasteiger charge is -2.10. The van der Waals surface area contributed by atoms with Crippen LogP contribution >= 0.6 is 11.8 Å². The maximum absolute atomic E-state index is 4.44. The molecule has 0 unspecified atom stereocenters. The first-order chi connectivity index (χ1) is 13.4. The summed E-state index contributed by atoms with van der Waals surface area (Å²) in [6, 6.07) is 14.4. The molecule has 0 atom stereocenters. The summed E-state index contributed by atoms with van der Waals surface area (Å²) in [7, 11) is 0. The fourth-order valence-corrected chi connectivity index (χ4v) is 3.77. The van der Waals surface area contributed by atoms with E-state index in [9.17, 15) is 0 Å². The third kappa shape index (κ3) is 3.21. The van der Waals surface area contributed by atoms with E-state index in [4.69, 9.17) is 0 Å². The molecule has 0 aliphatic heterocycles. The van der Waals surface area contributed by atoms with Crippen LogP contribution in [0.25, 0.3) is 17.1 Å². The molecule has 0 bridgehead atoms. The van der Waals surface area contributed by atoms with Gasteiger partial charge in [-0.1, -0.05) is 30.0 Å². The van der Waals surface area contributed by atoms with Gasteiger partial charge < -0.3 is 0 Å². The van der Waals surface area contributed by atoms with Crippen molar-refractivity contribution in [1.29, 1.82) is 0 Å².